The zero-order chi connectivity index (χ0) is 21.1. The van der Waals surface area contributed by atoms with E-state index < -0.39 is 0 Å². The van der Waals surface area contributed by atoms with Gasteiger partial charge in [-0.3, -0.25) is 4.79 Å². The molecule has 4 rings (SSSR count). The molecule has 4 aromatic rings. The van der Waals surface area contributed by atoms with Crippen molar-refractivity contribution in [2.24, 2.45) is 5.73 Å². The second kappa shape index (κ2) is 8.85. The molecule has 30 heavy (non-hydrogen) atoms. The number of carbonyl (C=O) groups is 1. The fourth-order valence-electron chi connectivity index (χ4n) is 3.10. The van der Waals surface area contributed by atoms with Gasteiger partial charge in [0.05, 0.1) is 10.6 Å². The number of hydrogen-bond donors (Lipinski definition) is 1. The largest absolute Gasteiger partial charge is 0.444 e. The fourth-order valence-corrected chi connectivity index (χ4v) is 4.66. The van der Waals surface area contributed by atoms with Crippen molar-refractivity contribution in [1.82, 2.24) is 19.7 Å². The molecule has 0 radical (unpaired) electrons. The third-order valence-corrected chi connectivity index (χ3v) is 6.42. The Kier molecular flexibility index (Phi) is 6.01. The summed E-state index contributed by atoms with van der Waals surface area (Å²) < 4.78 is 7.64. The highest BCUT2D eigenvalue weighted by atomic mass is 32.2. The summed E-state index contributed by atoms with van der Waals surface area (Å²) in [6, 6.07) is 10.1. The molecule has 0 atom stereocenters. The van der Waals surface area contributed by atoms with Crippen LogP contribution in [0, 0.1) is 13.8 Å². The zero-order valence-corrected chi connectivity index (χ0v) is 18.3. The van der Waals surface area contributed by atoms with E-state index in [4.69, 9.17) is 10.2 Å². The molecule has 0 spiro atoms. The van der Waals surface area contributed by atoms with Crippen LogP contribution in [0.2, 0.25) is 0 Å². The third kappa shape index (κ3) is 4.47. The van der Waals surface area contributed by atoms with Gasteiger partial charge >= 0.3 is 0 Å². The summed E-state index contributed by atoms with van der Waals surface area (Å²) in [5.41, 5.74) is 9.49. The Balaban J connectivity index is 1.52. The van der Waals surface area contributed by atoms with Crippen molar-refractivity contribution in [3.8, 4) is 22.2 Å². The first-order valence-corrected chi connectivity index (χ1v) is 11.3. The van der Waals surface area contributed by atoms with E-state index in [2.05, 4.69) is 28.2 Å². The summed E-state index contributed by atoms with van der Waals surface area (Å²) in [7, 11) is 0. The van der Waals surface area contributed by atoms with E-state index in [-0.39, 0.29) is 12.3 Å². The molecule has 2 N–H and O–H groups in total. The number of rotatable bonds is 8. The molecule has 0 fully saturated rings. The normalized spacial score (nSPS) is 11.1. The minimum absolute atomic E-state index is 0.227. The van der Waals surface area contributed by atoms with E-state index in [1.165, 1.54) is 17.3 Å². The van der Waals surface area contributed by atoms with E-state index in [0.717, 1.165) is 32.7 Å². The van der Waals surface area contributed by atoms with Crippen molar-refractivity contribution in [3.63, 3.8) is 0 Å². The average molecular weight is 440 g/mol. The van der Waals surface area contributed by atoms with Crippen LogP contribution in [0.5, 0.6) is 0 Å². The maximum absolute atomic E-state index is 11.3. The topological polar surface area (TPSA) is 99.8 Å². The van der Waals surface area contributed by atoms with E-state index in [0.29, 0.717) is 18.2 Å². The highest BCUT2D eigenvalue weighted by Crippen LogP contribution is 2.30. The van der Waals surface area contributed by atoms with Crippen molar-refractivity contribution < 1.29 is 9.21 Å². The number of benzene rings is 1. The van der Waals surface area contributed by atoms with Crippen LogP contribution in [0.3, 0.4) is 0 Å². The van der Waals surface area contributed by atoms with E-state index in [1.54, 1.807) is 17.6 Å². The lowest BCUT2D eigenvalue weighted by molar-refractivity contribution is -0.118. The van der Waals surface area contributed by atoms with Gasteiger partial charge in [-0.05, 0) is 36.9 Å². The monoisotopic (exact) mass is 439 g/mol. The standard InChI is InChI=1S/C21H21N5O2S2/c1-13-5-6-16(14(2)10-13)20-23-15(11-28-20)12-30-21-25-24-19(17-4-3-9-29-17)26(21)8-7-18(22)27/h3-6,9-11H,7-8,12H2,1-2H3,(H2,22,27). The number of amides is 1. The predicted octanol–water partition coefficient (Wildman–Crippen LogP) is 4.45. The fraction of sp³-hybridized carbons (Fsp3) is 0.238. The molecule has 3 heterocycles. The van der Waals surface area contributed by atoms with Crippen molar-refractivity contribution in [2.75, 3.05) is 0 Å². The number of aryl methyl sites for hydroxylation is 2. The van der Waals surface area contributed by atoms with Gasteiger partial charge in [0.2, 0.25) is 11.8 Å². The van der Waals surface area contributed by atoms with E-state index >= 15 is 0 Å². The highest BCUT2D eigenvalue weighted by Gasteiger charge is 2.17. The third-order valence-electron chi connectivity index (χ3n) is 4.55. The Morgan fingerprint density at radius 1 is 1.27 bits per heavy atom. The Bertz CT molecular complexity index is 1160. The van der Waals surface area contributed by atoms with Gasteiger partial charge < -0.3 is 14.7 Å². The van der Waals surface area contributed by atoms with Gasteiger partial charge in [0, 0.05) is 24.3 Å². The van der Waals surface area contributed by atoms with Crippen LogP contribution in [0.15, 0.2) is 51.5 Å². The lowest BCUT2D eigenvalue weighted by Gasteiger charge is -2.07. The van der Waals surface area contributed by atoms with Crippen LogP contribution < -0.4 is 5.73 Å². The van der Waals surface area contributed by atoms with Gasteiger partial charge in [-0.2, -0.15) is 0 Å². The number of thioether (sulfide) groups is 1. The second-order valence-electron chi connectivity index (χ2n) is 6.90. The smallest absolute Gasteiger partial charge is 0.226 e. The number of carbonyl (C=O) groups excluding carboxylic acids is 1. The van der Waals surface area contributed by atoms with Crippen LogP contribution in [-0.2, 0) is 17.1 Å². The van der Waals surface area contributed by atoms with Crippen molar-refractivity contribution in [3.05, 3.63) is 58.8 Å². The maximum atomic E-state index is 11.3. The van der Waals surface area contributed by atoms with E-state index in [1.807, 2.05) is 41.1 Å². The van der Waals surface area contributed by atoms with Crippen molar-refractivity contribution in [2.45, 2.75) is 37.7 Å². The summed E-state index contributed by atoms with van der Waals surface area (Å²) in [6.07, 6.45) is 1.90. The lowest BCUT2D eigenvalue weighted by atomic mass is 10.1. The Morgan fingerprint density at radius 2 is 2.13 bits per heavy atom. The molecule has 7 nitrogen and oxygen atoms in total. The number of aromatic nitrogens is 4. The van der Waals surface area contributed by atoms with Gasteiger partial charge in [0.1, 0.15) is 6.26 Å². The number of primary amides is 1. The number of hydrogen-bond acceptors (Lipinski definition) is 7. The highest BCUT2D eigenvalue weighted by molar-refractivity contribution is 7.98. The molecule has 3 aromatic heterocycles. The number of oxazole rings is 1. The first kappa shape index (κ1) is 20.4. The van der Waals surface area contributed by atoms with Gasteiger partial charge in [-0.1, -0.05) is 35.5 Å². The minimum atomic E-state index is -0.355. The molecule has 0 saturated heterocycles. The summed E-state index contributed by atoms with van der Waals surface area (Å²) in [5, 5.41) is 11.4. The summed E-state index contributed by atoms with van der Waals surface area (Å²) in [6.45, 7) is 4.55. The number of nitrogens with zero attached hydrogens (tertiary/aromatic N) is 4. The van der Waals surface area contributed by atoms with Crippen molar-refractivity contribution in [1.29, 1.82) is 0 Å². The molecule has 0 unspecified atom stereocenters. The zero-order valence-electron chi connectivity index (χ0n) is 16.7. The average Bonchev–Trinajstić information content (AvgIpc) is 3.45. The number of thiophene rings is 1. The molecule has 1 aromatic carbocycles. The van der Waals surface area contributed by atoms with Gasteiger partial charge in [-0.15, -0.1) is 21.5 Å². The first-order valence-electron chi connectivity index (χ1n) is 9.41. The summed E-state index contributed by atoms with van der Waals surface area (Å²) in [4.78, 5) is 16.9. The second-order valence-corrected chi connectivity index (χ2v) is 8.79. The summed E-state index contributed by atoms with van der Waals surface area (Å²) in [5.74, 6) is 1.57. The molecule has 0 aliphatic rings. The molecule has 0 aliphatic carbocycles. The first-order chi connectivity index (χ1) is 14.5. The summed E-state index contributed by atoms with van der Waals surface area (Å²) >= 11 is 3.08. The Labute approximate surface area is 182 Å². The van der Waals surface area contributed by atoms with Gasteiger partial charge in [0.25, 0.3) is 0 Å². The van der Waals surface area contributed by atoms with Gasteiger partial charge in [0.15, 0.2) is 11.0 Å². The molecule has 9 heteroatoms. The Hall–Kier alpha value is -2.91. The van der Waals surface area contributed by atoms with Crippen LogP contribution in [-0.4, -0.2) is 25.7 Å². The SMILES string of the molecule is Cc1ccc(-c2nc(CSc3nnc(-c4cccs4)n3CCC(N)=O)co2)c(C)c1. The maximum Gasteiger partial charge on any atom is 0.226 e. The molecular formula is C21H21N5O2S2. The lowest BCUT2D eigenvalue weighted by Crippen LogP contribution is -2.14. The minimum Gasteiger partial charge on any atom is -0.444 e. The molecule has 1 amide bonds. The molecule has 0 aliphatic heterocycles. The van der Waals surface area contributed by atoms with Crippen LogP contribution in [0.25, 0.3) is 22.2 Å². The molecule has 0 saturated carbocycles. The molecular weight excluding hydrogens is 418 g/mol. The predicted molar refractivity (Wildman–Crippen MR) is 118 cm³/mol. The van der Waals surface area contributed by atoms with E-state index in [9.17, 15) is 4.79 Å². The molecule has 154 valence electrons. The number of nitrogens with two attached hydrogens (primary N) is 1. The van der Waals surface area contributed by atoms with Crippen molar-refractivity contribution >= 4 is 29.0 Å². The Morgan fingerprint density at radius 3 is 2.87 bits per heavy atom. The quantitative estimate of drug-likeness (QED) is 0.407. The van der Waals surface area contributed by atoms with Crippen LogP contribution >= 0.6 is 23.1 Å². The van der Waals surface area contributed by atoms with Crippen LogP contribution in [0.4, 0.5) is 0 Å². The molecule has 0 bridgehead atoms. The van der Waals surface area contributed by atoms with Gasteiger partial charge in [-0.25, -0.2) is 4.98 Å². The van der Waals surface area contributed by atoms with Crippen LogP contribution in [0.1, 0.15) is 23.2 Å².